The molecule has 0 saturated heterocycles. The van der Waals surface area contributed by atoms with Crippen molar-refractivity contribution in [3.05, 3.63) is 166 Å². The SMILES string of the molecule is O=C(CSc1cccc(NC(=O)/C(=C\c2ccc(F)cc2)NC(=O)c2ccccc2)c1)Nc1cccc2c1C(=O)c1ccccc1C2=O. The number of benzene rings is 5. The summed E-state index contributed by atoms with van der Waals surface area (Å²) in [5.41, 5.74) is 2.47. The molecule has 0 saturated carbocycles. The molecule has 0 aliphatic heterocycles. The van der Waals surface area contributed by atoms with Gasteiger partial charge in [-0.25, -0.2) is 4.39 Å². The minimum atomic E-state index is -0.613. The number of rotatable bonds is 9. The summed E-state index contributed by atoms with van der Waals surface area (Å²) in [6, 6.07) is 32.0. The van der Waals surface area contributed by atoms with Crippen LogP contribution in [0.1, 0.15) is 47.8 Å². The van der Waals surface area contributed by atoms with E-state index in [9.17, 15) is 28.4 Å². The van der Waals surface area contributed by atoms with Crippen molar-refractivity contribution >= 4 is 58.5 Å². The van der Waals surface area contributed by atoms with Crippen LogP contribution in [-0.4, -0.2) is 35.0 Å². The fourth-order valence-corrected chi connectivity index (χ4v) is 5.87. The molecule has 1 aliphatic carbocycles. The van der Waals surface area contributed by atoms with Gasteiger partial charge in [0.1, 0.15) is 11.5 Å². The van der Waals surface area contributed by atoms with Crippen LogP contribution >= 0.6 is 11.8 Å². The maximum absolute atomic E-state index is 13.5. The van der Waals surface area contributed by atoms with Crippen LogP contribution in [0.5, 0.6) is 0 Å². The zero-order chi connectivity index (χ0) is 33.6. The highest BCUT2D eigenvalue weighted by atomic mass is 32.2. The fraction of sp³-hybridized carbons (Fsp3) is 0.0263. The van der Waals surface area contributed by atoms with Crippen LogP contribution in [0.15, 0.2) is 132 Å². The summed E-state index contributed by atoms with van der Waals surface area (Å²) in [6.07, 6.45) is 1.44. The molecular formula is C38H26FN3O5S. The van der Waals surface area contributed by atoms with Crippen LogP contribution in [0, 0.1) is 5.82 Å². The van der Waals surface area contributed by atoms with Crippen LogP contribution in [0.3, 0.4) is 0 Å². The average Bonchev–Trinajstić information content (AvgIpc) is 3.11. The Morgan fingerprint density at radius 1 is 0.688 bits per heavy atom. The second kappa shape index (κ2) is 14.1. The minimum Gasteiger partial charge on any atom is -0.325 e. The molecule has 48 heavy (non-hydrogen) atoms. The number of carbonyl (C=O) groups excluding carboxylic acids is 5. The van der Waals surface area contributed by atoms with Gasteiger partial charge in [0.2, 0.25) is 5.91 Å². The number of amides is 3. The number of ketones is 2. The van der Waals surface area contributed by atoms with E-state index >= 15 is 0 Å². The van der Waals surface area contributed by atoms with Gasteiger partial charge in [0.15, 0.2) is 11.6 Å². The highest BCUT2D eigenvalue weighted by Gasteiger charge is 2.31. The molecule has 0 fully saturated rings. The number of hydrogen-bond donors (Lipinski definition) is 3. The van der Waals surface area contributed by atoms with Crippen molar-refractivity contribution in [1.29, 1.82) is 0 Å². The first-order valence-electron chi connectivity index (χ1n) is 14.8. The van der Waals surface area contributed by atoms with Crippen LogP contribution in [0.25, 0.3) is 6.08 Å². The fourth-order valence-electron chi connectivity index (χ4n) is 5.11. The summed E-state index contributed by atoms with van der Waals surface area (Å²) in [5, 5.41) is 8.18. The van der Waals surface area contributed by atoms with Gasteiger partial charge in [0.25, 0.3) is 11.8 Å². The normalized spacial score (nSPS) is 12.1. The van der Waals surface area contributed by atoms with E-state index in [1.807, 2.05) is 0 Å². The lowest BCUT2D eigenvalue weighted by Crippen LogP contribution is -2.30. The molecule has 6 rings (SSSR count). The lowest BCUT2D eigenvalue weighted by molar-refractivity contribution is -0.114. The quantitative estimate of drug-likeness (QED) is 0.117. The van der Waals surface area contributed by atoms with Gasteiger partial charge in [-0.15, -0.1) is 11.8 Å². The first kappa shape index (κ1) is 31.8. The molecule has 5 aromatic carbocycles. The third-order valence-electron chi connectivity index (χ3n) is 7.40. The van der Waals surface area contributed by atoms with Crippen molar-refractivity contribution in [2.24, 2.45) is 0 Å². The highest BCUT2D eigenvalue weighted by Crippen LogP contribution is 2.32. The zero-order valence-corrected chi connectivity index (χ0v) is 26.0. The number of halogens is 1. The minimum absolute atomic E-state index is 0.0252. The molecule has 0 unspecified atom stereocenters. The lowest BCUT2D eigenvalue weighted by atomic mass is 9.83. The Labute approximate surface area is 279 Å². The Morgan fingerprint density at radius 2 is 1.35 bits per heavy atom. The summed E-state index contributed by atoms with van der Waals surface area (Å²) in [5.74, 6) is -2.58. The smallest absolute Gasteiger partial charge is 0.272 e. The molecule has 0 radical (unpaired) electrons. The van der Waals surface area contributed by atoms with Crippen LogP contribution in [0.2, 0.25) is 0 Å². The van der Waals surface area contributed by atoms with Crippen LogP contribution in [0.4, 0.5) is 15.8 Å². The molecule has 8 nitrogen and oxygen atoms in total. The van der Waals surface area contributed by atoms with E-state index in [0.29, 0.717) is 32.8 Å². The van der Waals surface area contributed by atoms with Crippen LogP contribution < -0.4 is 16.0 Å². The zero-order valence-electron chi connectivity index (χ0n) is 25.2. The average molecular weight is 656 g/mol. The number of nitrogens with one attached hydrogen (secondary N) is 3. The summed E-state index contributed by atoms with van der Waals surface area (Å²) < 4.78 is 13.5. The molecule has 3 N–H and O–H groups in total. The van der Waals surface area contributed by atoms with E-state index < -0.39 is 23.5 Å². The van der Waals surface area contributed by atoms with Gasteiger partial charge < -0.3 is 16.0 Å². The predicted octanol–water partition coefficient (Wildman–Crippen LogP) is 6.74. The Hall–Kier alpha value is -6.13. The molecule has 0 bridgehead atoms. The summed E-state index contributed by atoms with van der Waals surface area (Å²) in [6.45, 7) is 0. The van der Waals surface area contributed by atoms with Crippen molar-refractivity contribution in [3.8, 4) is 0 Å². The first-order valence-corrected chi connectivity index (χ1v) is 15.7. The van der Waals surface area contributed by atoms with Gasteiger partial charge in [-0.1, -0.05) is 72.8 Å². The van der Waals surface area contributed by atoms with E-state index in [4.69, 9.17) is 0 Å². The topological polar surface area (TPSA) is 121 Å². The molecule has 236 valence electrons. The Balaban J connectivity index is 1.13. The molecule has 0 atom stereocenters. The van der Waals surface area contributed by atoms with Crippen molar-refractivity contribution in [3.63, 3.8) is 0 Å². The second-order valence-electron chi connectivity index (χ2n) is 10.7. The molecule has 1 aliphatic rings. The molecular weight excluding hydrogens is 629 g/mol. The molecule has 0 aromatic heterocycles. The maximum Gasteiger partial charge on any atom is 0.272 e. The first-order chi connectivity index (χ1) is 23.3. The molecule has 10 heteroatoms. The Bertz CT molecular complexity index is 2110. The number of anilines is 2. The molecule has 5 aromatic rings. The highest BCUT2D eigenvalue weighted by molar-refractivity contribution is 8.00. The van der Waals surface area contributed by atoms with Gasteiger partial charge >= 0.3 is 0 Å². The Morgan fingerprint density at radius 3 is 2.10 bits per heavy atom. The van der Waals surface area contributed by atoms with Crippen LogP contribution in [-0.2, 0) is 9.59 Å². The van der Waals surface area contributed by atoms with E-state index in [-0.39, 0.29) is 39.8 Å². The number of hydrogen-bond acceptors (Lipinski definition) is 6. The monoisotopic (exact) mass is 655 g/mol. The van der Waals surface area contributed by atoms with Gasteiger partial charge in [0, 0.05) is 32.8 Å². The third-order valence-corrected chi connectivity index (χ3v) is 8.39. The van der Waals surface area contributed by atoms with Crippen molar-refractivity contribution in [2.45, 2.75) is 4.90 Å². The summed E-state index contributed by atoms with van der Waals surface area (Å²) in [7, 11) is 0. The second-order valence-corrected chi connectivity index (χ2v) is 11.7. The predicted molar refractivity (Wildman–Crippen MR) is 182 cm³/mol. The molecule has 3 amide bonds. The third kappa shape index (κ3) is 7.14. The maximum atomic E-state index is 13.5. The molecule has 0 spiro atoms. The van der Waals surface area contributed by atoms with E-state index in [1.165, 1.54) is 42.1 Å². The standard InChI is InChI=1S/C38H26FN3O5S/c39-25-18-16-23(17-19-25)20-32(42-37(46)24-8-2-1-3-9-24)38(47)40-26-10-6-11-27(21-26)48-22-33(43)41-31-15-7-14-30-34(31)36(45)29-13-5-4-12-28(29)35(30)44/h1-21H,22H2,(H,40,47)(H,41,43)(H,42,46)/b32-20+. The molecule has 0 heterocycles. The largest absolute Gasteiger partial charge is 0.325 e. The van der Waals surface area contributed by atoms with Crippen molar-refractivity contribution < 1.29 is 28.4 Å². The van der Waals surface area contributed by atoms with Crippen molar-refractivity contribution in [2.75, 3.05) is 16.4 Å². The van der Waals surface area contributed by atoms with E-state index in [0.717, 1.165) is 0 Å². The van der Waals surface area contributed by atoms with Gasteiger partial charge in [-0.2, -0.15) is 0 Å². The Kier molecular flexibility index (Phi) is 9.35. The lowest BCUT2D eigenvalue weighted by Gasteiger charge is -2.20. The summed E-state index contributed by atoms with van der Waals surface area (Å²) >= 11 is 1.20. The number of fused-ring (bicyclic) bond motifs is 2. The van der Waals surface area contributed by atoms with Gasteiger partial charge in [-0.3, -0.25) is 24.0 Å². The van der Waals surface area contributed by atoms with Gasteiger partial charge in [-0.05, 0) is 60.2 Å². The summed E-state index contributed by atoms with van der Waals surface area (Å²) in [4.78, 5) is 66.2. The number of thioether (sulfide) groups is 1. The number of carbonyl (C=O) groups is 5. The van der Waals surface area contributed by atoms with E-state index in [1.54, 1.807) is 97.1 Å². The van der Waals surface area contributed by atoms with E-state index in [2.05, 4.69) is 16.0 Å². The van der Waals surface area contributed by atoms with Crippen molar-refractivity contribution in [1.82, 2.24) is 5.32 Å². The van der Waals surface area contributed by atoms with Gasteiger partial charge in [0.05, 0.1) is 17.0 Å².